The van der Waals surface area contributed by atoms with Gasteiger partial charge in [0, 0.05) is 6.42 Å². The van der Waals surface area contributed by atoms with Gasteiger partial charge in [-0.1, -0.05) is 6.08 Å². The van der Waals surface area contributed by atoms with Gasteiger partial charge in [0.25, 0.3) is 0 Å². The summed E-state index contributed by atoms with van der Waals surface area (Å²) in [6.45, 7) is 2.84. The van der Waals surface area contributed by atoms with Crippen LogP contribution >= 0.6 is 0 Å². The van der Waals surface area contributed by atoms with E-state index in [2.05, 4.69) is 6.58 Å². The second-order valence-corrected chi connectivity index (χ2v) is 3.08. The minimum Gasteiger partial charge on any atom is -0.377 e. The molecule has 0 aliphatic heterocycles. The number of halogens is 6. The highest BCUT2D eigenvalue weighted by molar-refractivity contribution is 5.28. The molecule has 82 valence electrons. The van der Waals surface area contributed by atoms with Gasteiger partial charge in [0.15, 0.2) is 0 Å². The predicted octanol–water partition coefficient (Wildman–Crippen LogP) is 2.21. The monoisotopic (exact) mass is 220 g/mol. The standard InChI is InChI=1S/C7H6F6O/c1-2-3-4(14)5(8,9)7(12,13)6(4,10)11/h2,14H,1,3H2. The van der Waals surface area contributed by atoms with Crippen molar-refractivity contribution in [3.63, 3.8) is 0 Å². The molecule has 1 fully saturated rings. The van der Waals surface area contributed by atoms with E-state index < -0.39 is 29.8 Å². The molecule has 1 N–H and O–H groups in total. The molecule has 0 saturated heterocycles. The molecule has 0 atom stereocenters. The zero-order valence-corrected chi connectivity index (χ0v) is 6.71. The van der Waals surface area contributed by atoms with Crippen LogP contribution in [0.1, 0.15) is 6.42 Å². The Hall–Kier alpha value is -0.720. The van der Waals surface area contributed by atoms with Crippen LogP contribution in [0.4, 0.5) is 26.3 Å². The molecule has 7 heteroatoms. The average molecular weight is 220 g/mol. The maximum Gasteiger partial charge on any atom is 0.378 e. The molecule has 0 spiro atoms. The third-order valence-electron chi connectivity index (χ3n) is 2.27. The van der Waals surface area contributed by atoms with Crippen molar-refractivity contribution in [2.75, 3.05) is 0 Å². The van der Waals surface area contributed by atoms with Crippen LogP contribution in [0, 0.1) is 0 Å². The molecule has 1 rings (SSSR count). The summed E-state index contributed by atoms with van der Waals surface area (Å²) in [7, 11) is 0. The summed E-state index contributed by atoms with van der Waals surface area (Å²) in [5, 5.41) is 8.75. The van der Waals surface area contributed by atoms with Gasteiger partial charge >= 0.3 is 17.8 Å². The Morgan fingerprint density at radius 1 is 0.929 bits per heavy atom. The molecule has 0 aromatic heterocycles. The number of hydrogen-bond donors (Lipinski definition) is 1. The Bertz CT molecular complexity index is 253. The molecule has 14 heavy (non-hydrogen) atoms. The van der Waals surface area contributed by atoms with E-state index in [1.54, 1.807) is 0 Å². The first-order valence-electron chi connectivity index (χ1n) is 3.53. The summed E-state index contributed by atoms with van der Waals surface area (Å²) < 4.78 is 74.5. The van der Waals surface area contributed by atoms with Gasteiger partial charge in [0.1, 0.15) is 0 Å². The maximum atomic E-state index is 12.5. The van der Waals surface area contributed by atoms with Crippen LogP contribution in [0.25, 0.3) is 0 Å². The fourth-order valence-electron chi connectivity index (χ4n) is 1.32. The minimum atomic E-state index is -5.52. The van der Waals surface area contributed by atoms with Gasteiger partial charge in [-0.05, 0) is 0 Å². The predicted molar refractivity (Wildman–Crippen MR) is 34.6 cm³/mol. The third kappa shape index (κ3) is 0.773. The summed E-state index contributed by atoms with van der Waals surface area (Å²) in [6.07, 6.45) is -0.764. The van der Waals surface area contributed by atoms with Crippen LogP contribution in [0.3, 0.4) is 0 Å². The number of rotatable bonds is 2. The van der Waals surface area contributed by atoms with Crippen molar-refractivity contribution in [3.05, 3.63) is 12.7 Å². The summed E-state index contributed by atoms with van der Waals surface area (Å²) in [6, 6.07) is 0. The van der Waals surface area contributed by atoms with Gasteiger partial charge in [-0.2, -0.15) is 26.3 Å². The Kier molecular flexibility index (Phi) is 1.98. The Balaban J connectivity index is 3.17. The summed E-state index contributed by atoms with van der Waals surface area (Å²) in [4.78, 5) is 0. The molecular weight excluding hydrogens is 214 g/mol. The lowest BCUT2D eigenvalue weighted by atomic mass is 9.66. The zero-order chi connectivity index (χ0) is 11.4. The van der Waals surface area contributed by atoms with Gasteiger partial charge in [-0.3, -0.25) is 0 Å². The van der Waals surface area contributed by atoms with Crippen molar-refractivity contribution >= 4 is 0 Å². The van der Waals surface area contributed by atoms with E-state index in [-0.39, 0.29) is 0 Å². The normalized spacial score (nSPS) is 30.5. The Labute approximate surface area is 75.0 Å². The summed E-state index contributed by atoms with van der Waals surface area (Å²) >= 11 is 0. The molecular formula is C7H6F6O. The van der Waals surface area contributed by atoms with Crippen molar-refractivity contribution in [1.82, 2.24) is 0 Å². The number of hydrogen-bond acceptors (Lipinski definition) is 1. The van der Waals surface area contributed by atoms with Crippen LogP contribution in [0.2, 0.25) is 0 Å². The molecule has 0 radical (unpaired) electrons. The molecule has 0 aromatic rings. The highest BCUT2D eigenvalue weighted by atomic mass is 19.4. The van der Waals surface area contributed by atoms with Crippen LogP contribution in [0.5, 0.6) is 0 Å². The molecule has 1 nitrogen and oxygen atoms in total. The van der Waals surface area contributed by atoms with E-state index in [0.717, 1.165) is 0 Å². The molecule has 1 aliphatic rings. The quantitative estimate of drug-likeness (QED) is 0.558. The topological polar surface area (TPSA) is 20.2 Å². The van der Waals surface area contributed by atoms with E-state index in [1.807, 2.05) is 0 Å². The largest absolute Gasteiger partial charge is 0.378 e. The Morgan fingerprint density at radius 2 is 1.29 bits per heavy atom. The molecule has 0 bridgehead atoms. The van der Waals surface area contributed by atoms with Crippen molar-refractivity contribution in [3.8, 4) is 0 Å². The van der Waals surface area contributed by atoms with Crippen molar-refractivity contribution < 1.29 is 31.4 Å². The van der Waals surface area contributed by atoms with Gasteiger partial charge in [-0.25, -0.2) is 0 Å². The third-order valence-corrected chi connectivity index (χ3v) is 2.27. The lowest BCUT2D eigenvalue weighted by molar-refractivity contribution is -0.489. The molecule has 0 unspecified atom stereocenters. The van der Waals surface area contributed by atoms with E-state index in [9.17, 15) is 26.3 Å². The van der Waals surface area contributed by atoms with Gasteiger partial charge < -0.3 is 5.11 Å². The first kappa shape index (κ1) is 11.4. The number of alkyl halides is 6. The molecule has 1 saturated carbocycles. The van der Waals surface area contributed by atoms with E-state index in [4.69, 9.17) is 5.11 Å². The van der Waals surface area contributed by atoms with Crippen LogP contribution in [0.15, 0.2) is 12.7 Å². The van der Waals surface area contributed by atoms with E-state index in [1.165, 1.54) is 0 Å². The van der Waals surface area contributed by atoms with Gasteiger partial charge in [0.05, 0.1) is 0 Å². The minimum absolute atomic E-state index is 0.539. The molecule has 1 aliphatic carbocycles. The lowest BCUT2D eigenvalue weighted by Gasteiger charge is -2.55. The van der Waals surface area contributed by atoms with Gasteiger partial charge in [0.2, 0.25) is 5.60 Å². The fourth-order valence-corrected chi connectivity index (χ4v) is 1.32. The van der Waals surface area contributed by atoms with Crippen LogP contribution < -0.4 is 0 Å². The molecule has 0 aromatic carbocycles. The van der Waals surface area contributed by atoms with Crippen molar-refractivity contribution in [2.24, 2.45) is 0 Å². The smallest absolute Gasteiger partial charge is 0.377 e. The molecule has 0 amide bonds. The second kappa shape index (κ2) is 2.44. The van der Waals surface area contributed by atoms with Crippen molar-refractivity contribution in [1.29, 1.82) is 0 Å². The SMILES string of the molecule is C=CCC1(O)C(F)(F)C(F)(F)C1(F)F. The number of aliphatic hydroxyl groups is 1. The fraction of sp³-hybridized carbons (Fsp3) is 0.714. The first-order valence-corrected chi connectivity index (χ1v) is 3.53. The average Bonchev–Trinajstić information content (AvgIpc) is 2.02. The lowest BCUT2D eigenvalue weighted by Crippen LogP contribution is -2.85. The highest BCUT2D eigenvalue weighted by Crippen LogP contribution is 2.67. The second-order valence-electron chi connectivity index (χ2n) is 3.08. The summed E-state index contributed by atoms with van der Waals surface area (Å²) in [5.41, 5.74) is -4.04. The maximum absolute atomic E-state index is 12.5. The first-order chi connectivity index (χ1) is 6.06. The van der Waals surface area contributed by atoms with Crippen molar-refractivity contribution in [2.45, 2.75) is 29.8 Å². The van der Waals surface area contributed by atoms with Crippen LogP contribution in [-0.4, -0.2) is 28.5 Å². The Morgan fingerprint density at radius 3 is 1.57 bits per heavy atom. The summed E-state index contributed by atoms with van der Waals surface area (Å²) in [5.74, 6) is -15.8. The molecule has 0 heterocycles. The van der Waals surface area contributed by atoms with Crippen LogP contribution in [-0.2, 0) is 0 Å². The van der Waals surface area contributed by atoms with Gasteiger partial charge in [-0.15, -0.1) is 6.58 Å². The zero-order valence-electron chi connectivity index (χ0n) is 6.71. The van der Waals surface area contributed by atoms with E-state index >= 15 is 0 Å². The van der Waals surface area contributed by atoms with E-state index in [0.29, 0.717) is 6.08 Å². The highest BCUT2D eigenvalue weighted by Gasteiger charge is 2.97.